The van der Waals surface area contributed by atoms with E-state index in [-0.39, 0.29) is 16.2 Å². The van der Waals surface area contributed by atoms with E-state index in [0.717, 1.165) is 20.3 Å². The third-order valence-electron chi connectivity index (χ3n) is 2.92. The summed E-state index contributed by atoms with van der Waals surface area (Å²) in [4.78, 5) is 33.5. The number of rotatable bonds is 8. The van der Waals surface area contributed by atoms with Gasteiger partial charge in [0.1, 0.15) is 20.7 Å². The van der Waals surface area contributed by atoms with Gasteiger partial charge in [0.2, 0.25) is 10.0 Å². The average Bonchev–Trinajstić information content (AvgIpc) is 2.98. The van der Waals surface area contributed by atoms with Crippen molar-refractivity contribution >= 4 is 39.3 Å². The SMILES string of the molecule is CCCC(NS(=O)(=O)c1cc(C(=O)OC)sc1C(=O)OC)C(=O)O. The van der Waals surface area contributed by atoms with Crippen LogP contribution in [0.25, 0.3) is 0 Å². The fraction of sp³-hybridized carbons (Fsp3) is 0.462. The van der Waals surface area contributed by atoms with Crippen LogP contribution in [0.1, 0.15) is 39.1 Å². The molecule has 24 heavy (non-hydrogen) atoms. The average molecular weight is 379 g/mol. The zero-order valence-corrected chi connectivity index (χ0v) is 14.8. The number of carboxylic acids is 1. The van der Waals surface area contributed by atoms with Crippen LogP contribution in [0.5, 0.6) is 0 Å². The van der Waals surface area contributed by atoms with Crippen molar-refractivity contribution in [3.05, 3.63) is 15.8 Å². The molecule has 11 heteroatoms. The molecule has 2 N–H and O–H groups in total. The molecule has 0 bridgehead atoms. The second-order valence-electron chi connectivity index (χ2n) is 4.59. The number of esters is 2. The Morgan fingerprint density at radius 1 is 1.25 bits per heavy atom. The lowest BCUT2D eigenvalue weighted by atomic mass is 10.2. The number of methoxy groups -OCH3 is 2. The van der Waals surface area contributed by atoms with Crippen LogP contribution in [0, 0.1) is 0 Å². The number of sulfonamides is 1. The number of hydrogen-bond donors (Lipinski definition) is 2. The largest absolute Gasteiger partial charge is 0.480 e. The Labute approximate surface area is 142 Å². The predicted molar refractivity (Wildman–Crippen MR) is 83.7 cm³/mol. The van der Waals surface area contributed by atoms with Gasteiger partial charge >= 0.3 is 17.9 Å². The Bertz CT molecular complexity index is 737. The van der Waals surface area contributed by atoms with Crippen molar-refractivity contribution < 1.29 is 37.4 Å². The molecule has 0 fully saturated rings. The summed E-state index contributed by atoms with van der Waals surface area (Å²) in [6, 6.07) is -0.400. The van der Waals surface area contributed by atoms with E-state index >= 15 is 0 Å². The normalized spacial score (nSPS) is 12.5. The minimum Gasteiger partial charge on any atom is -0.480 e. The van der Waals surface area contributed by atoms with Crippen molar-refractivity contribution in [3.63, 3.8) is 0 Å². The molecule has 0 radical (unpaired) electrons. The summed E-state index contributed by atoms with van der Waals surface area (Å²) in [7, 11) is -2.20. The molecule has 1 rings (SSSR count). The first kappa shape index (κ1) is 20.1. The van der Waals surface area contributed by atoms with Gasteiger partial charge in [-0.25, -0.2) is 18.0 Å². The number of hydrogen-bond acceptors (Lipinski definition) is 8. The first-order chi connectivity index (χ1) is 11.2. The smallest absolute Gasteiger partial charge is 0.349 e. The number of aliphatic carboxylic acids is 1. The van der Waals surface area contributed by atoms with Crippen LogP contribution < -0.4 is 4.72 Å². The quantitative estimate of drug-likeness (QED) is 0.635. The zero-order valence-electron chi connectivity index (χ0n) is 13.2. The van der Waals surface area contributed by atoms with Crippen LogP contribution >= 0.6 is 11.3 Å². The minimum absolute atomic E-state index is 0.0656. The molecule has 9 nitrogen and oxygen atoms in total. The van der Waals surface area contributed by atoms with E-state index in [1.54, 1.807) is 6.92 Å². The summed E-state index contributed by atoms with van der Waals surface area (Å²) in [6.45, 7) is 1.70. The Morgan fingerprint density at radius 3 is 2.29 bits per heavy atom. The number of carbonyl (C=O) groups is 3. The fourth-order valence-electron chi connectivity index (χ4n) is 1.78. The van der Waals surface area contributed by atoms with Crippen molar-refractivity contribution in [2.75, 3.05) is 14.2 Å². The maximum Gasteiger partial charge on any atom is 0.349 e. The van der Waals surface area contributed by atoms with Gasteiger partial charge in [-0.2, -0.15) is 4.72 Å². The molecule has 0 aliphatic carbocycles. The van der Waals surface area contributed by atoms with E-state index in [2.05, 4.69) is 9.47 Å². The van der Waals surface area contributed by atoms with Gasteiger partial charge in [-0.05, 0) is 12.5 Å². The summed E-state index contributed by atoms with van der Waals surface area (Å²) in [5.74, 6) is -3.13. The summed E-state index contributed by atoms with van der Waals surface area (Å²) in [6.07, 6.45) is 0.497. The topological polar surface area (TPSA) is 136 Å². The molecular formula is C13H17NO8S2. The molecule has 1 aromatic heterocycles. The molecular weight excluding hydrogens is 362 g/mol. The molecule has 1 aromatic rings. The van der Waals surface area contributed by atoms with Gasteiger partial charge in [0, 0.05) is 0 Å². The number of carboxylic acid groups (broad SMARTS) is 1. The van der Waals surface area contributed by atoms with E-state index in [4.69, 9.17) is 5.11 Å². The highest BCUT2D eigenvalue weighted by Crippen LogP contribution is 2.28. The third kappa shape index (κ3) is 4.52. The number of nitrogens with one attached hydrogen (secondary N) is 1. The molecule has 1 unspecified atom stereocenters. The van der Waals surface area contributed by atoms with Crippen molar-refractivity contribution in [1.82, 2.24) is 4.72 Å². The van der Waals surface area contributed by atoms with Gasteiger partial charge in [0.15, 0.2) is 0 Å². The molecule has 0 amide bonds. The maximum absolute atomic E-state index is 12.5. The zero-order chi connectivity index (χ0) is 18.5. The van der Waals surface area contributed by atoms with E-state index in [0.29, 0.717) is 17.8 Å². The molecule has 0 saturated heterocycles. The van der Waals surface area contributed by atoms with Crippen molar-refractivity contribution in [3.8, 4) is 0 Å². The maximum atomic E-state index is 12.5. The Kier molecular flexibility index (Phi) is 6.87. The van der Waals surface area contributed by atoms with Crippen LogP contribution in [-0.4, -0.2) is 51.7 Å². The molecule has 0 aliphatic rings. The molecule has 1 atom stereocenters. The lowest BCUT2D eigenvalue weighted by molar-refractivity contribution is -0.139. The van der Waals surface area contributed by atoms with Crippen molar-refractivity contribution in [2.24, 2.45) is 0 Å². The van der Waals surface area contributed by atoms with Crippen molar-refractivity contribution in [1.29, 1.82) is 0 Å². The summed E-state index contributed by atoms with van der Waals surface area (Å²) < 4.78 is 35.9. The standard InChI is InChI=1S/C13H17NO8S2/c1-4-5-7(11(15)16)14-24(19,20)9-6-8(12(17)21-2)23-10(9)13(18)22-3/h6-7,14H,4-5H2,1-3H3,(H,15,16). The highest BCUT2D eigenvalue weighted by molar-refractivity contribution is 7.89. The third-order valence-corrected chi connectivity index (χ3v) is 5.64. The van der Waals surface area contributed by atoms with Crippen LogP contribution in [0.4, 0.5) is 0 Å². The number of ether oxygens (including phenoxy) is 2. The minimum atomic E-state index is -4.36. The van der Waals surface area contributed by atoms with Gasteiger partial charge in [-0.3, -0.25) is 4.79 Å². The second-order valence-corrected chi connectivity index (χ2v) is 7.32. The first-order valence-electron chi connectivity index (χ1n) is 6.73. The highest BCUT2D eigenvalue weighted by atomic mass is 32.2. The van der Waals surface area contributed by atoms with Crippen LogP contribution in [0.2, 0.25) is 0 Å². The van der Waals surface area contributed by atoms with Gasteiger partial charge in [0.25, 0.3) is 0 Å². The molecule has 0 aliphatic heterocycles. The first-order valence-corrected chi connectivity index (χ1v) is 9.03. The van der Waals surface area contributed by atoms with Crippen LogP contribution in [-0.2, 0) is 24.3 Å². The lowest BCUT2D eigenvalue weighted by Gasteiger charge is -2.13. The second kappa shape index (κ2) is 8.22. The van der Waals surface area contributed by atoms with E-state index in [1.165, 1.54) is 0 Å². The molecule has 0 spiro atoms. The van der Waals surface area contributed by atoms with Crippen molar-refractivity contribution in [2.45, 2.75) is 30.7 Å². The Hall–Kier alpha value is -1.98. The van der Waals surface area contributed by atoms with E-state index in [1.807, 2.05) is 4.72 Å². The summed E-state index contributed by atoms with van der Waals surface area (Å²) >= 11 is 0.585. The highest BCUT2D eigenvalue weighted by Gasteiger charge is 2.32. The predicted octanol–water partition coefficient (Wildman–Crippen LogP) is 0.853. The van der Waals surface area contributed by atoms with Crippen LogP contribution in [0.3, 0.4) is 0 Å². The van der Waals surface area contributed by atoms with Crippen LogP contribution in [0.15, 0.2) is 11.0 Å². The summed E-state index contributed by atoms with van der Waals surface area (Å²) in [5.41, 5.74) is 0. The van der Waals surface area contributed by atoms with Gasteiger partial charge in [-0.15, -0.1) is 11.3 Å². The summed E-state index contributed by atoms with van der Waals surface area (Å²) in [5, 5.41) is 9.08. The van der Waals surface area contributed by atoms with Gasteiger partial charge < -0.3 is 14.6 Å². The monoisotopic (exact) mass is 379 g/mol. The van der Waals surface area contributed by atoms with Gasteiger partial charge in [-0.1, -0.05) is 13.3 Å². The fourth-order valence-corrected chi connectivity index (χ4v) is 4.52. The van der Waals surface area contributed by atoms with E-state index in [9.17, 15) is 22.8 Å². The lowest BCUT2D eigenvalue weighted by Crippen LogP contribution is -2.40. The Balaban J connectivity index is 3.35. The number of carbonyl (C=O) groups excluding carboxylic acids is 2. The Morgan fingerprint density at radius 2 is 1.83 bits per heavy atom. The van der Waals surface area contributed by atoms with Gasteiger partial charge in [0.05, 0.1) is 14.2 Å². The molecule has 0 saturated carbocycles. The molecule has 0 aromatic carbocycles. The van der Waals surface area contributed by atoms with E-state index < -0.39 is 38.9 Å². The molecule has 134 valence electrons. The molecule has 1 heterocycles. The number of thiophene rings is 1.